The summed E-state index contributed by atoms with van der Waals surface area (Å²) in [5, 5.41) is 7.52. The number of nitrogens with one attached hydrogen (secondary N) is 2. The summed E-state index contributed by atoms with van der Waals surface area (Å²) in [7, 11) is 0. The fraction of sp³-hybridized carbons (Fsp3) is 0.156. The Bertz CT molecular complexity index is 1520. The van der Waals surface area contributed by atoms with Crippen LogP contribution in [0.15, 0.2) is 102 Å². The summed E-state index contributed by atoms with van der Waals surface area (Å²) >= 11 is 12.1. The first-order valence-electron chi connectivity index (χ1n) is 13.0. The number of carbonyl (C=O) groups excluding carboxylic acids is 2. The Morgan fingerprint density at radius 1 is 0.905 bits per heavy atom. The molecule has 0 aliphatic rings. The minimum absolute atomic E-state index is 0.239. The molecule has 0 fully saturated rings. The van der Waals surface area contributed by atoms with Crippen LogP contribution < -0.4 is 20.2 Å². The molecule has 0 aliphatic carbocycles. The van der Waals surface area contributed by atoms with Crippen molar-refractivity contribution in [3.8, 4) is 11.5 Å². The van der Waals surface area contributed by atoms with Crippen LogP contribution in [0, 0.1) is 5.82 Å². The lowest BCUT2D eigenvalue weighted by Crippen LogP contribution is -2.50. The molecule has 0 saturated heterocycles. The highest BCUT2D eigenvalue weighted by Crippen LogP contribution is 2.28. The second kappa shape index (κ2) is 15.0. The fourth-order valence-electron chi connectivity index (χ4n) is 3.81. The Morgan fingerprint density at radius 3 is 2.31 bits per heavy atom. The summed E-state index contributed by atoms with van der Waals surface area (Å²) in [4.78, 5) is 26.0. The molecule has 0 unspecified atom stereocenters. The molecule has 4 aromatic rings. The van der Waals surface area contributed by atoms with Crippen molar-refractivity contribution in [1.29, 1.82) is 0 Å². The van der Waals surface area contributed by atoms with Gasteiger partial charge in [0.05, 0.1) is 11.2 Å². The molecular formula is C32H28Cl2FN3O4. The van der Waals surface area contributed by atoms with Crippen LogP contribution in [-0.2, 0) is 22.6 Å². The van der Waals surface area contributed by atoms with Crippen LogP contribution in [0.1, 0.15) is 23.6 Å². The molecule has 0 aromatic heterocycles. The van der Waals surface area contributed by atoms with E-state index in [2.05, 4.69) is 15.8 Å². The van der Waals surface area contributed by atoms with Gasteiger partial charge >= 0.3 is 0 Å². The molecule has 42 heavy (non-hydrogen) atoms. The van der Waals surface area contributed by atoms with Gasteiger partial charge < -0.3 is 14.8 Å². The average molecular weight is 608 g/mol. The van der Waals surface area contributed by atoms with E-state index in [9.17, 15) is 14.0 Å². The maximum absolute atomic E-state index is 13.1. The smallest absolute Gasteiger partial charge is 0.262 e. The molecule has 7 nitrogen and oxygen atoms in total. The van der Waals surface area contributed by atoms with Gasteiger partial charge in [0, 0.05) is 11.4 Å². The average Bonchev–Trinajstić information content (AvgIpc) is 2.99. The number of halogens is 3. The number of amides is 2. The SMILES string of the molecule is C[C@H](Oc1ccc(Cl)cc1Cl)C(=O)N[C@@H](Cc1ccccc1)C(=O)N/N=C\c1ccc(OCc2ccc(F)cc2)cc1. The van der Waals surface area contributed by atoms with Gasteiger partial charge in [-0.25, -0.2) is 9.82 Å². The molecule has 0 bridgehead atoms. The maximum atomic E-state index is 13.1. The van der Waals surface area contributed by atoms with Crippen LogP contribution in [0.25, 0.3) is 0 Å². The van der Waals surface area contributed by atoms with Crippen molar-refractivity contribution in [3.63, 3.8) is 0 Å². The predicted molar refractivity (Wildman–Crippen MR) is 162 cm³/mol. The molecule has 0 aliphatic heterocycles. The third-order valence-electron chi connectivity index (χ3n) is 6.07. The van der Waals surface area contributed by atoms with E-state index in [0.717, 1.165) is 16.7 Å². The first-order valence-corrected chi connectivity index (χ1v) is 13.8. The molecule has 0 heterocycles. The van der Waals surface area contributed by atoms with E-state index in [1.807, 2.05) is 30.3 Å². The van der Waals surface area contributed by atoms with E-state index in [-0.39, 0.29) is 17.3 Å². The van der Waals surface area contributed by atoms with Crippen molar-refractivity contribution >= 4 is 41.2 Å². The molecule has 10 heteroatoms. The zero-order chi connectivity index (χ0) is 29.9. The van der Waals surface area contributed by atoms with E-state index in [1.165, 1.54) is 24.4 Å². The molecule has 4 aromatic carbocycles. The zero-order valence-corrected chi connectivity index (χ0v) is 24.1. The highest BCUT2D eigenvalue weighted by Gasteiger charge is 2.25. The van der Waals surface area contributed by atoms with Crippen molar-refractivity contribution in [2.45, 2.75) is 32.1 Å². The summed E-state index contributed by atoms with van der Waals surface area (Å²) in [6, 6.07) is 26.2. The van der Waals surface area contributed by atoms with E-state index in [1.54, 1.807) is 55.5 Å². The Labute approximate surface area is 253 Å². The second-order valence-electron chi connectivity index (χ2n) is 9.30. The minimum atomic E-state index is -0.943. The van der Waals surface area contributed by atoms with Crippen molar-refractivity contribution in [3.05, 3.63) is 130 Å². The molecule has 0 spiro atoms. The number of benzene rings is 4. The highest BCUT2D eigenvalue weighted by molar-refractivity contribution is 6.35. The Balaban J connectivity index is 1.35. The van der Waals surface area contributed by atoms with Gasteiger partial charge in [-0.3, -0.25) is 9.59 Å². The summed E-state index contributed by atoms with van der Waals surface area (Å²) < 4.78 is 24.5. The number of nitrogens with zero attached hydrogens (tertiary/aromatic N) is 1. The van der Waals surface area contributed by atoms with Crippen LogP contribution >= 0.6 is 23.2 Å². The highest BCUT2D eigenvalue weighted by atomic mass is 35.5. The number of hydrazone groups is 1. The number of carbonyl (C=O) groups is 2. The van der Waals surface area contributed by atoms with Gasteiger partial charge in [0.15, 0.2) is 6.10 Å². The fourth-order valence-corrected chi connectivity index (χ4v) is 4.26. The lowest BCUT2D eigenvalue weighted by Gasteiger charge is -2.21. The van der Waals surface area contributed by atoms with Crippen molar-refractivity contribution in [2.75, 3.05) is 0 Å². The third kappa shape index (κ3) is 9.33. The molecule has 2 amide bonds. The summed E-state index contributed by atoms with van der Waals surface area (Å²) in [6.07, 6.45) is 0.779. The van der Waals surface area contributed by atoms with Gasteiger partial charge in [0.25, 0.3) is 11.8 Å². The Hall–Kier alpha value is -4.40. The first kappa shape index (κ1) is 30.6. The summed E-state index contributed by atoms with van der Waals surface area (Å²) in [5.74, 6) is -0.380. The Kier molecular flexibility index (Phi) is 10.9. The van der Waals surface area contributed by atoms with Gasteiger partial charge in [-0.05, 0) is 78.2 Å². The third-order valence-corrected chi connectivity index (χ3v) is 6.60. The van der Waals surface area contributed by atoms with Crippen LogP contribution in [0.4, 0.5) is 4.39 Å². The summed E-state index contributed by atoms with van der Waals surface area (Å²) in [6.45, 7) is 1.86. The van der Waals surface area contributed by atoms with E-state index in [0.29, 0.717) is 23.1 Å². The van der Waals surface area contributed by atoms with E-state index >= 15 is 0 Å². The van der Waals surface area contributed by atoms with Crippen molar-refractivity contribution in [2.24, 2.45) is 5.10 Å². The molecule has 2 N–H and O–H groups in total. The van der Waals surface area contributed by atoms with Gasteiger partial charge in [-0.2, -0.15) is 5.10 Å². The van der Waals surface area contributed by atoms with Crippen LogP contribution in [0.5, 0.6) is 11.5 Å². The van der Waals surface area contributed by atoms with Crippen LogP contribution in [-0.4, -0.2) is 30.2 Å². The number of hydrogen-bond acceptors (Lipinski definition) is 5. The number of hydrogen-bond donors (Lipinski definition) is 2. The standard InChI is InChI=1S/C32H28Cl2FN3O4/c1-21(42-30-16-11-25(33)18-28(30)34)31(39)37-29(17-22-5-3-2-4-6-22)32(40)38-36-19-23-9-14-27(15-10-23)41-20-24-7-12-26(35)13-8-24/h2-16,18-19,21,29H,17,20H2,1H3,(H,37,39)(H,38,40)/b36-19-/t21-,29-/m0/s1. The molecule has 0 saturated carbocycles. The number of rotatable bonds is 12. The van der Waals surface area contributed by atoms with Crippen molar-refractivity contribution < 1.29 is 23.5 Å². The Morgan fingerprint density at radius 2 is 1.62 bits per heavy atom. The molecule has 216 valence electrons. The van der Waals surface area contributed by atoms with Gasteiger partial charge in [0.1, 0.15) is 30.0 Å². The summed E-state index contributed by atoms with van der Waals surface area (Å²) in [5.41, 5.74) is 4.92. The topological polar surface area (TPSA) is 89.0 Å². The lowest BCUT2D eigenvalue weighted by molar-refractivity contribution is -0.132. The van der Waals surface area contributed by atoms with Crippen LogP contribution in [0.3, 0.4) is 0 Å². The van der Waals surface area contributed by atoms with Gasteiger partial charge in [-0.15, -0.1) is 0 Å². The van der Waals surface area contributed by atoms with Crippen LogP contribution in [0.2, 0.25) is 10.0 Å². The lowest BCUT2D eigenvalue weighted by atomic mass is 10.1. The number of ether oxygens (including phenoxy) is 2. The monoisotopic (exact) mass is 607 g/mol. The zero-order valence-electron chi connectivity index (χ0n) is 22.6. The van der Waals surface area contributed by atoms with Crippen molar-refractivity contribution in [1.82, 2.24) is 10.7 Å². The normalized spacial score (nSPS) is 12.4. The van der Waals surface area contributed by atoms with E-state index in [4.69, 9.17) is 32.7 Å². The first-order chi connectivity index (χ1) is 20.3. The molecular weight excluding hydrogens is 580 g/mol. The molecule has 4 rings (SSSR count). The van der Waals surface area contributed by atoms with Gasteiger partial charge in [0.2, 0.25) is 0 Å². The second-order valence-corrected chi connectivity index (χ2v) is 10.1. The van der Waals surface area contributed by atoms with E-state index < -0.39 is 24.0 Å². The minimum Gasteiger partial charge on any atom is -0.489 e. The molecule has 2 atom stereocenters. The molecule has 0 radical (unpaired) electrons. The van der Waals surface area contributed by atoms with Gasteiger partial charge in [-0.1, -0.05) is 65.7 Å². The quantitative estimate of drug-likeness (QED) is 0.145. The predicted octanol–water partition coefficient (Wildman–Crippen LogP) is 6.36. The maximum Gasteiger partial charge on any atom is 0.262 e. The largest absolute Gasteiger partial charge is 0.489 e.